The molecular weight excluding hydrogens is 202 g/mol. The molecule has 0 amide bonds. The van der Waals surface area contributed by atoms with E-state index >= 15 is 0 Å². The van der Waals surface area contributed by atoms with Gasteiger partial charge < -0.3 is 4.74 Å². The SMILES string of the molecule is O=NC1CCOc2ccc3ccccc3c21. The lowest BCUT2D eigenvalue weighted by molar-refractivity contribution is 0.270. The van der Waals surface area contributed by atoms with Crippen molar-refractivity contribution in [2.45, 2.75) is 12.5 Å². The van der Waals surface area contributed by atoms with Gasteiger partial charge in [-0.2, -0.15) is 4.91 Å². The number of fused-ring (bicyclic) bond motifs is 3. The first kappa shape index (κ1) is 9.33. The smallest absolute Gasteiger partial charge is 0.125 e. The molecule has 0 spiro atoms. The van der Waals surface area contributed by atoms with Crippen molar-refractivity contribution in [3.8, 4) is 5.75 Å². The van der Waals surface area contributed by atoms with Crippen LogP contribution in [0.25, 0.3) is 10.8 Å². The van der Waals surface area contributed by atoms with Gasteiger partial charge in [-0.05, 0) is 16.8 Å². The van der Waals surface area contributed by atoms with E-state index in [4.69, 9.17) is 4.74 Å². The summed E-state index contributed by atoms with van der Waals surface area (Å²) in [6.07, 6.45) is 0.671. The van der Waals surface area contributed by atoms with E-state index in [2.05, 4.69) is 5.18 Å². The Balaban J connectivity index is 2.34. The van der Waals surface area contributed by atoms with Crippen LogP contribution < -0.4 is 4.74 Å². The van der Waals surface area contributed by atoms with Crippen LogP contribution in [0, 0.1) is 4.91 Å². The lowest BCUT2D eigenvalue weighted by atomic mass is 9.95. The van der Waals surface area contributed by atoms with Gasteiger partial charge in [0.05, 0.1) is 6.61 Å². The van der Waals surface area contributed by atoms with Crippen molar-refractivity contribution >= 4 is 10.8 Å². The van der Waals surface area contributed by atoms with Crippen LogP contribution in [0.2, 0.25) is 0 Å². The minimum absolute atomic E-state index is 0.269. The molecule has 1 unspecified atom stereocenters. The molecule has 80 valence electrons. The van der Waals surface area contributed by atoms with E-state index in [1.165, 1.54) is 0 Å². The van der Waals surface area contributed by atoms with Crippen molar-refractivity contribution in [3.63, 3.8) is 0 Å². The Morgan fingerprint density at radius 3 is 2.94 bits per heavy atom. The van der Waals surface area contributed by atoms with Crippen molar-refractivity contribution in [2.24, 2.45) is 5.18 Å². The lowest BCUT2D eigenvalue weighted by Crippen LogP contribution is -2.12. The monoisotopic (exact) mass is 213 g/mol. The molecule has 2 aromatic carbocycles. The fourth-order valence-electron chi connectivity index (χ4n) is 2.28. The maximum Gasteiger partial charge on any atom is 0.125 e. The maximum atomic E-state index is 10.9. The minimum Gasteiger partial charge on any atom is -0.493 e. The van der Waals surface area contributed by atoms with Gasteiger partial charge in [-0.3, -0.25) is 0 Å². The van der Waals surface area contributed by atoms with E-state index in [-0.39, 0.29) is 6.04 Å². The fourth-order valence-corrected chi connectivity index (χ4v) is 2.28. The van der Waals surface area contributed by atoms with Crippen molar-refractivity contribution in [2.75, 3.05) is 6.61 Å². The summed E-state index contributed by atoms with van der Waals surface area (Å²) in [5, 5.41) is 5.41. The first-order valence-electron chi connectivity index (χ1n) is 5.37. The highest BCUT2D eigenvalue weighted by Crippen LogP contribution is 2.39. The van der Waals surface area contributed by atoms with Crippen LogP contribution in [-0.4, -0.2) is 6.61 Å². The van der Waals surface area contributed by atoms with Crippen LogP contribution >= 0.6 is 0 Å². The standard InChI is InChI=1S/C13H11NO2/c15-14-11-7-8-16-12-6-5-9-3-1-2-4-10(9)13(11)12/h1-6,11H,7-8H2. The molecule has 1 aliphatic rings. The zero-order chi connectivity index (χ0) is 11.0. The molecule has 0 bridgehead atoms. The highest BCUT2D eigenvalue weighted by atomic mass is 16.5. The number of benzene rings is 2. The largest absolute Gasteiger partial charge is 0.493 e. The third-order valence-electron chi connectivity index (χ3n) is 3.04. The molecule has 3 heteroatoms. The van der Waals surface area contributed by atoms with E-state index in [1.54, 1.807) is 0 Å². The molecule has 0 aliphatic carbocycles. The van der Waals surface area contributed by atoms with Gasteiger partial charge in [0, 0.05) is 12.0 Å². The van der Waals surface area contributed by atoms with Gasteiger partial charge in [0.1, 0.15) is 11.8 Å². The third kappa shape index (κ3) is 1.28. The number of rotatable bonds is 1. The summed E-state index contributed by atoms with van der Waals surface area (Å²) >= 11 is 0. The average molecular weight is 213 g/mol. The minimum atomic E-state index is -0.269. The number of nitroso groups, excluding NO2 is 1. The second-order valence-corrected chi connectivity index (χ2v) is 3.96. The van der Waals surface area contributed by atoms with Gasteiger partial charge in [0.2, 0.25) is 0 Å². The van der Waals surface area contributed by atoms with Gasteiger partial charge in [-0.1, -0.05) is 35.5 Å². The summed E-state index contributed by atoms with van der Waals surface area (Å²) in [6, 6.07) is 11.7. The summed E-state index contributed by atoms with van der Waals surface area (Å²) in [4.78, 5) is 10.9. The fraction of sp³-hybridized carbons (Fsp3) is 0.231. The number of nitrogens with zero attached hydrogens (tertiary/aromatic N) is 1. The van der Waals surface area contributed by atoms with Gasteiger partial charge in [0.25, 0.3) is 0 Å². The molecule has 0 radical (unpaired) electrons. The molecule has 0 fully saturated rings. The summed E-state index contributed by atoms with van der Waals surface area (Å²) in [5.41, 5.74) is 0.944. The molecular formula is C13H11NO2. The normalized spacial score (nSPS) is 18.9. The number of hydrogen-bond donors (Lipinski definition) is 0. The topological polar surface area (TPSA) is 38.7 Å². The van der Waals surface area contributed by atoms with Gasteiger partial charge in [0.15, 0.2) is 0 Å². The first-order valence-corrected chi connectivity index (χ1v) is 5.37. The predicted octanol–water partition coefficient (Wildman–Crippen LogP) is 3.43. The summed E-state index contributed by atoms with van der Waals surface area (Å²) in [7, 11) is 0. The molecule has 16 heavy (non-hydrogen) atoms. The van der Waals surface area contributed by atoms with Crippen LogP contribution in [-0.2, 0) is 0 Å². The molecule has 0 aromatic heterocycles. The van der Waals surface area contributed by atoms with E-state index < -0.39 is 0 Å². The average Bonchev–Trinajstić information content (AvgIpc) is 2.37. The highest BCUT2D eigenvalue weighted by molar-refractivity contribution is 5.88. The molecule has 1 heterocycles. The molecule has 2 aromatic rings. The Morgan fingerprint density at radius 1 is 1.19 bits per heavy atom. The number of hydrogen-bond acceptors (Lipinski definition) is 3. The zero-order valence-electron chi connectivity index (χ0n) is 8.72. The summed E-state index contributed by atoms with van der Waals surface area (Å²) in [6.45, 7) is 0.571. The van der Waals surface area contributed by atoms with Gasteiger partial charge in [-0.15, -0.1) is 0 Å². The molecule has 0 saturated carbocycles. The van der Waals surface area contributed by atoms with Crippen molar-refractivity contribution < 1.29 is 4.74 Å². The predicted molar refractivity (Wildman–Crippen MR) is 62.6 cm³/mol. The second kappa shape index (κ2) is 3.59. The number of ether oxygens (including phenoxy) is 1. The van der Waals surface area contributed by atoms with Crippen molar-refractivity contribution in [1.82, 2.24) is 0 Å². The van der Waals surface area contributed by atoms with E-state index in [0.717, 1.165) is 22.1 Å². The quantitative estimate of drug-likeness (QED) is 0.681. The van der Waals surface area contributed by atoms with Crippen molar-refractivity contribution in [1.29, 1.82) is 0 Å². The first-order chi connectivity index (χ1) is 7.90. The maximum absolute atomic E-state index is 10.9. The Bertz CT molecular complexity index is 551. The van der Waals surface area contributed by atoms with E-state index in [9.17, 15) is 4.91 Å². The van der Waals surface area contributed by atoms with Gasteiger partial charge >= 0.3 is 0 Å². The van der Waals surface area contributed by atoms with Gasteiger partial charge in [-0.25, -0.2) is 0 Å². The van der Waals surface area contributed by atoms with Crippen LogP contribution in [0.3, 0.4) is 0 Å². The Kier molecular flexibility index (Phi) is 2.10. The molecule has 3 rings (SSSR count). The Morgan fingerprint density at radius 2 is 2.06 bits per heavy atom. The van der Waals surface area contributed by atoms with Crippen LogP contribution in [0.15, 0.2) is 41.6 Å². The Labute approximate surface area is 93.0 Å². The van der Waals surface area contributed by atoms with Crippen LogP contribution in [0.5, 0.6) is 5.75 Å². The molecule has 3 nitrogen and oxygen atoms in total. The highest BCUT2D eigenvalue weighted by Gasteiger charge is 2.24. The summed E-state index contributed by atoms with van der Waals surface area (Å²) < 4.78 is 5.56. The Hall–Kier alpha value is -1.90. The second-order valence-electron chi connectivity index (χ2n) is 3.96. The third-order valence-corrected chi connectivity index (χ3v) is 3.04. The van der Waals surface area contributed by atoms with E-state index in [1.807, 2.05) is 36.4 Å². The molecule has 0 saturated heterocycles. The van der Waals surface area contributed by atoms with Crippen LogP contribution in [0.1, 0.15) is 18.0 Å². The lowest BCUT2D eigenvalue weighted by Gasteiger charge is -2.22. The zero-order valence-corrected chi connectivity index (χ0v) is 8.72. The van der Waals surface area contributed by atoms with E-state index in [0.29, 0.717) is 13.0 Å². The molecule has 1 atom stereocenters. The van der Waals surface area contributed by atoms with Crippen molar-refractivity contribution in [3.05, 3.63) is 46.9 Å². The molecule has 1 aliphatic heterocycles. The molecule has 0 N–H and O–H groups in total. The van der Waals surface area contributed by atoms with Crippen LogP contribution in [0.4, 0.5) is 0 Å². The summed E-state index contributed by atoms with van der Waals surface area (Å²) in [5.74, 6) is 0.801.